The molecule has 7 aromatic rings. The summed E-state index contributed by atoms with van der Waals surface area (Å²) < 4.78 is 9.11. The van der Waals surface area contributed by atoms with E-state index in [0.29, 0.717) is 0 Å². The molecular weight excluding hydrogens is 450 g/mol. The predicted octanol–water partition coefficient (Wildman–Crippen LogP) is 9.20. The standard InChI is InChI=1S/C35H21NO/c1-2-10-21(11-3-1)32-23-13-4-5-14-24(23)33-26(32)19-18-25-27(33)20-28-22-12-6-7-15-29(22)36-30-16-8-9-17-31(30)37-35(25)34(28)36/h1-20,32H. The van der Waals surface area contributed by atoms with Crippen molar-refractivity contribution in [2.75, 3.05) is 0 Å². The van der Waals surface area contributed by atoms with Gasteiger partial charge >= 0.3 is 0 Å². The van der Waals surface area contributed by atoms with Crippen LogP contribution in [-0.4, -0.2) is 4.57 Å². The number of aromatic nitrogens is 1. The quantitative estimate of drug-likeness (QED) is 0.233. The zero-order chi connectivity index (χ0) is 24.1. The molecule has 0 saturated heterocycles. The Morgan fingerprint density at radius 3 is 2.30 bits per heavy atom. The minimum Gasteiger partial charge on any atom is -0.452 e. The molecule has 1 unspecified atom stereocenters. The van der Waals surface area contributed by atoms with Crippen LogP contribution in [0.1, 0.15) is 22.6 Å². The summed E-state index contributed by atoms with van der Waals surface area (Å²) in [5.74, 6) is 2.07. The van der Waals surface area contributed by atoms with E-state index in [4.69, 9.17) is 4.74 Å². The fourth-order valence-corrected chi connectivity index (χ4v) is 6.77. The average Bonchev–Trinajstić information content (AvgIpc) is 3.48. The predicted molar refractivity (Wildman–Crippen MR) is 151 cm³/mol. The van der Waals surface area contributed by atoms with Gasteiger partial charge < -0.3 is 9.30 Å². The van der Waals surface area contributed by atoms with Crippen molar-refractivity contribution in [2.45, 2.75) is 5.92 Å². The normalized spacial score (nSPS) is 15.0. The molecule has 2 heterocycles. The summed E-state index contributed by atoms with van der Waals surface area (Å²) in [7, 11) is 0. The van der Waals surface area contributed by atoms with Crippen molar-refractivity contribution in [1.82, 2.24) is 4.57 Å². The third kappa shape index (κ3) is 2.40. The Hall–Kier alpha value is -4.82. The molecule has 0 spiro atoms. The van der Waals surface area contributed by atoms with E-state index in [2.05, 4.69) is 126 Å². The zero-order valence-electron chi connectivity index (χ0n) is 20.0. The summed E-state index contributed by atoms with van der Waals surface area (Å²) in [5.41, 5.74) is 10.2. The molecule has 2 nitrogen and oxygen atoms in total. The molecule has 1 atom stereocenters. The van der Waals surface area contributed by atoms with Crippen molar-refractivity contribution in [2.24, 2.45) is 0 Å². The van der Waals surface area contributed by atoms with Gasteiger partial charge in [-0.1, -0.05) is 97.1 Å². The maximum Gasteiger partial charge on any atom is 0.160 e. The Balaban J connectivity index is 1.46. The molecule has 0 N–H and O–H groups in total. The van der Waals surface area contributed by atoms with Gasteiger partial charge in [0, 0.05) is 22.1 Å². The molecule has 172 valence electrons. The van der Waals surface area contributed by atoms with Gasteiger partial charge in [-0.2, -0.15) is 0 Å². The van der Waals surface area contributed by atoms with Crippen molar-refractivity contribution in [1.29, 1.82) is 0 Å². The molecule has 1 aromatic heterocycles. The van der Waals surface area contributed by atoms with E-state index >= 15 is 0 Å². The third-order valence-corrected chi connectivity index (χ3v) is 8.24. The Morgan fingerprint density at radius 1 is 0.568 bits per heavy atom. The van der Waals surface area contributed by atoms with Gasteiger partial charge in [0.05, 0.1) is 16.7 Å². The van der Waals surface area contributed by atoms with Crippen LogP contribution in [0.2, 0.25) is 0 Å². The van der Waals surface area contributed by atoms with Crippen LogP contribution in [-0.2, 0) is 0 Å². The minimum atomic E-state index is 0.229. The summed E-state index contributed by atoms with van der Waals surface area (Å²) in [5, 5.41) is 4.91. The monoisotopic (exact) mass is 471 g/mol. The maximum absolute atomic E-state index is 6.73. The largest absolute Gasteiger partial charge is 0.452 e. The summed E-state index contributed by atoms with van der Waals surface area (Å²) >= 11 is 0. The first-order chi connectivity index (χ1) is 18.4. The van der Waals surface area contributed by atoms with Gasteiger partial charge in [0.25, 0.3) is 0 Å². The van der Waals surface area contributed by atoms with E-state index < -0.39 is 0 Å². The van der Waals surface area contributed by atoms with Gasteiger partial charge in [-0.05, 0) is 57.5 Å². The van der Waals surface area contributed by atoms with Gasteiger partial charge in [0.2, 0.25) is 0 Å². The first-order valence-electron chi connectivity index (χ1n) is 12.8. The molecule has 0 fully saturated rings. The number of benzene rings is 6. The van der Waals surface area contributed by atoms with Gasteiger partial charge in [0.15, 0.2) is 11.5 Å². The highest BCUT2D eigenvalue weighted by molar-refractivity contribution is 6.20. The van der Waals surface area contributed by atoms with Crippen molar-refractivity contribution in [3.8, 4) is 28.3 Å². The second-order valence-electron chi connectivity index (χ2n) is 10.1. The van der Waals surface area contributed by atoms with Crippen LogP contribution in [0.4, 0.5) is 0 Å². The molecular formula is C35H21NO. The number of ether oxygens (including phenoxy) is 1. The van der Waals surface area contributed by atoms with Gasteiger partial charge in [-0.15, -0.1) is 0 Å². The lowest BCUT2D eigenvalue weighted by molar-refractivity contribution is 0.482. The van der Waals surface area contributed by atoms with Crippen molar-refractivity contribution >= 4 is 32.6 Å². The average molecular weight is 472 g/mol. The number of fused-ring (bicyclic) bond motifs is 11. The molecule has 0 radical (unpaired) electrons. The van der Waals surface area contributed by atoms with Crippen LogP contribution in [0, 0.1) is 0 Å². The Morgan fingerprint density at radius 2 is 1.35 bits per heavy atom. The van der Waals surface area contributed by atoms with E-state index in [-0.39, 0.29) is 5.92 Å². The van der Waals surface area contributed by atoms with E-state index in [1.807, 2.05) is 0 Å². The molecule has 0 amide bonds. The lowest BCUT2D eigenvalue weighted by Gasteiger charge is -2.23. The summed E-state index contributed by atoms with van der Waals surface area (Å²) in [6.45, 7) is 0. The Labute approximate surface area is 214 Å². The van der Waals surface area contributed by atoms with Crippen molar-refractivity contribution in [3.05, 3.63) is 138 Å². The number of hydrogen-bond donors (Lipinski definition) is 0. The molecule has 6 aromatic carbocycles. The molecule has 1 aliphatic carbocycles. The van der Waals surface area contributed by atoms with Crippen molar-refractivity contribution in [3.63, 3.8) is 0 Å². The molecule has 0 bridgehead atoms. The maximum atomic E-state index is 6.73. The fourth-order valence-electron chi connectivity index (χ4n) is 6.77. The molecule has 1 aliphatic heterocycles. The van der Waals surface area contributed by atoms with E-state index in [1.54, 1.807) is 0 Å². The van der Waals surface area contributed by atoms with Crippen LogP contribution < -0.4 is 4.74 Å². The van der Waals surface area contributed by atoms with E-state index in [9.17, 15) is 0 Å². The highest BCUT2D eigenvalue weighted by Crippen LogP contribution is 2.55. The second kappa shape index (κ2) is 6.89. The molecule has 2 aliphatic rings. The SMILES string of the molecule is c1ccc(C2c3ccccc3-c3c2ccc2c4c5c(cc32)c2ccccc2n5-c2ccccc2O4)cc1. The van der Waals surface area contributed by atoms with Crippen LogP contribution in [0.5, 0.6) is 11.5 Å². The number of hydrogen-bond acceptors (Lipinski definition) is 1. The minimum absolute atomic E-state index is 0.229. The lowest BCUT2D eigenvalue weighted by Crippen LogP contribution is -2.04. The summed E-state index contributed by atoms with van der Waals surface area (Å²) in [4.78, 5) is 0. The number of para-hydroxylation sites is 3. The summed E-state index contributed by atoms with van der Waals surface area (Å²) in [6, 6.07) is 43.9. The first kappa shape index (κ1) is 19.4. The smallest absolute Gasteiger partial charge is 0.160 e. The van der Waals surface area contributed by atoms with Gasteiger partial charge in [0.1, 0.15) is 0 Å². The van der Waals surface area contributed by atoms with Crippen LogP contribution in [0.25, 0.3) is 49.4 Å². The van der Waals surface area contributed by atoms with Crippen molar-refractivity contribution < 1.29 is 4.74 Å². The van der Waals surface area contributed by atoms with Crippen LogP contribution >= 0.6 is 0 Å². The zero-order valence-corrected chi connectivity index (χ0v) is 20.0. The first-order valence-corrected chi connectivity index (χ1v) is 12.8. The molecule has 2 heteroatoms. The molecule has 9 rings (SSSR count). The summed E-state index contributed by atoms with van der Waals surface area (Å²) in [6.07, 6.45) is 0. The topological polar surface area (TPSA) is 14.2 Å². The number of rotatable bonds is 1. The molecule has 37 heavy (non-hydrogen) atoms. The lowest BCUT2D eigenvalue weighted by atomic mass is 9.88. The van der Waals surface area contributed by atoms with Gasteiger partial charge in [-0.3, -0.25) is 0 Å². The number of nitrogens with zero attached hydrogens (tertiary/aromatic N) is 1. The third-order valence-electron chi connectivity index (χ3n) is 8.24. The highest BCUT2D eigenvalue weighted by Gasteiger charge is 2.33. The molecule has 0 saturated carbocycles. The van der Waals surface area contributed by atoms with E-state index in [0.717, 1.165) is 28.1 Å². The second-order valence-corrected chi connectivity index (χ2v) is 10.1. The van der Waals surface area contributed by atoms with Crippen LogP contribution in [0.15, 0.2) is 121 Å². The highest BCUT2D eigenvalue weighted by atomic mass is 16.5. The fraction of sp³-hybridized carbons (Fsp3) is 0.0286. The van der Waals surface area contributed by atoms with E-state index in [1.165, 1.54) is 49.5 Å². The Bertz CT molecular complexity index is 2070. The van der Waals surface area contributed by atoms with Gasteiger partial charge in [-0.25, -0.2) is 0 Å². The van der Waals surface area contributed by atoms with Crippen LogP contribution in [0.3, 0.4) is 0 Å². The Kier molecular flexibility index (Phi) is 3.61.